The third kappa shape index (κ3) is 1.82. The van der Waals surface area contributed by atoms with Crippen LogP contribution in [0, 0.1) is 13.8 Å². The lowest BCUT2D eigenvalue weighted by Crippen LogP contribution is -2.36. The Hall–Kier alpha value is -1.36. The predicted octanol–water partition coefficient (Wildman–Crippen LogP) is 0.612. The van der Waals surface area contributed by atoms with Crippen LogP contribution in [0.25, 0.3) is 0 Å². The van der Waals surface area contributed by atoms with E-state index in [9.17, 15) is 4.79 Å². The molecular weight excluding hydrogens is 206 g/mol. The van der Waals surface area contributed by atoms with E-state index in [1.54, 1.807) is 0 Å². The first-order valence-electron chi connectivity index (χ1n) is 5.51. The molecule has 1 aromatic heterocycles. The molecule has 0 radical (unpaired) electrons. The van der Waals surface area contributed by atoms with Crippen molar-refractivity contribution in [1.29, 1.82) is 0 Å². The molecule has 1 atom stereocenters. The number of rotatable bonds is 3. The molecule has 0 aromatic carbocycles. The van der Waals surface area contributed by atoms with Crippen LogP contribution < -0.4 is 5.32 Å². The molecule has 2 heterocycles. The Morgan fingerprint density at radius 3 is 2.81 bits per heavy atom. The second-order valence-electron chi connectivity index (χ2n) is 4.19. The summed E-state index contributed by atoms with van der Waals surface area (Å²) in [7, 11) is 1.82. The molecule has 1 fully saturated rings. The number of hydrogen-bond acceptors (Lipinski definition) is 4. The van der Waals surface area contributed by atoms with Gasteiger partial charge in [0.05, 0.1) is 18.3 Å². The van der Waals surface area contributed by atoms with Crippen LogP contribution in [0.15, 0.2) is 4.52 Å². The summed E-state index contributed by atoms with van der Waals surface area (Å²) in [5.41, 5.74) is 1.91. The number of likely N-dealkylation sites (tertiary alicyclic amines) is 1. The molecule has 1 N–H and O–H groups in total. The molecule has 16 heavy (non-hydrogen) atoms. The summed E-state index contributed by atoms with van der Waals surface area (Å²) in [5, 5.41) is 6.92. The molecular formula is C11H17N3O2. The molecule has 0 saturated carbocycles. The molecule has 2 rings (SSSR count). The van der Waals surface area contributed by atoms with Gasteiger partial charge in [0, 0.05) is 12.1 Å². The summed E-state index contributed by atoms with van der Waals surface area (Å²) in [4.78, 5) is 13.8. The van der Waals surface area contributed by atoms with E-state index in [1.165, 1.54) is 0 Å². The van der Waals surface area contributed by atoms with Gasteiger partial charge in [-0.25, -0.2) is 0 Å². The fourth-order valence-corrected chi connectivity index (χ4v) is 2.08. The highest BCUT2D eigenvalue weighted by atomic mass is 16.5. The minimum absolute atomic E-state index is 0.0273. The zero-order valence-electron chi connectivity index (χ0n) is 9.91. The number of likely N-dealkylation sites (N-methyl/N-ethyl adjacent to an activating group) is 1. The lowest BCUT2D eigenvalue weighted by atomic mass is 10.2. The van der Waals surface area contributed by atoms with Crippen LogP contribution in [0.5, 0.6) is 0 Å². The summed E-state index contributed by atoms with van der Waals surface area (Å²) >= 11 is 0. The van der Waals surface area contributed by atoms with E-state index in [2.05, 4.69) is 10.5 Å². The van der Waals surface area contributed by atoms with Gasteiger partial charge in [-0.1, -0.05) is 5.16 Å². The molecule has 0 spiro atoms. The Bertz CT molecular complexity index is 380. The second kappa shape index (κ2) is 4.25. The molecule has 5 heteroatoms. The second-order valence-corrected chi connectivity index (χ2v) is 4.19. The topological polar surface area (TPSA) is 58.4 Å². The lowest BCUT2D eigenvalue weighted by Gasteiger charge is -2.16. The molecule has 0 bridgehead atoms. The van der Waals surface area contributed by atoms with Gasteiger partial charge < -0.3 is 14.7 Å². The van der Waals surface area contributed by atoms with Crippen molar-refractivity contribution in [1.82, 2.24) is 15.4 Å². The molecule has 1 amide bonds. The third-order valence-corrected chi connectivity index (χ3v) is 3.18. The largest absolute Gasteiger partial charge is 0.361 e. The molecule has 1 saturated heterocycles. The highest BCUT2D eigenvalue weighted by Gasteiger charge is 2.31. The highest BCUT2D eigenvalue weighted by molar-refractivity contribution is 5.83. The molecule has 0 aliphatic carbocycles. The van der Waals surface area contributed by atoms with Crippen molar-refractivity contribution < 1.29 is 9.32 Å². The van der Waals surface area contributed by atoms with Gasteiger partial charge in [0.2, 0.25) is 5.91 Å². The summed E-state index contributed by atoms with van der Waals surface area (Å²) in [6.07, 6.45) is 0.874. The van der Waals surface area contributed by atoms with Crippen LogP contribution in [0.1, 0.15) is 23.4 Å². The van der Waals surface area contributed by atoms with Crippen LogP contribution in [-0.4, -0.2) is 35.6 Å². The van der Waals surface area contributed by atoms with E-state index in [-0.39, 0.29) is 11.9 Å². The third-order valence-electron chi connectivity index (χ3n) is 3.18. The van der Waals surface area contributed by atoms with Gasteiger partial charge in [0.1, 0.15) is 5.76 Å². The van der Waals surface area contributed by atoms with E-state index in [1.807, 2.05) is 25.8 Å². The Kier molecular flexibility index (Phi) is 2.96. The standard InChI is InChI=1S/C11H17N3O2/c1-7-9(8(2)16-13-7)6-14-5-4-10(12-3)11(14)15/h10,12H,4-6H2,1-3H3. The molecule has 5 nitrogen and oxygen atoms in total. The van der Waals surface area contributed by atoms with Gasteiger partial charge in [0.15, 0.2) is 0 Å². The van der Waals surface area contributed by atoms with E-state index in [0.717, 1.165) is 30.0 Å². The first kappa shape index (κ1) is 11.1. The Morgan fingerprint density at radius 1 is 1.56 bits per heavy atom. The molecule has 1 aromatic rings. The van der Waals surface area contributed by atoms with Crippen LogP contribution in [-0.2, 0) is 11.3 Å². The molecule has 1 aliphatic rings. The average Bonchev–Trinajstić information content (AvgIpc) is 2.77. The van der Waals surface area contributed by atoms with Crippen molar-refractivity contribution in [3.63, 3.8) is 0 Å². The van der Waals surface area contributed by atoms with Gasteiger partial charge in [-0.15, -0.1) is 0 Å². The molecule has 1 aliphatic heterocycles. The van der Waals surface area contributed by atoms with Crippen molar-refractivity contribution in [2.24, 2.45) is 0 Å². The van der Waals surface area contributed by atoms with E-state index >= 15 is 0 Å². The van der Waals surface area contributed by atoms with Gasteiger partial charge in [-0.05, 0) is 27.3 Å². The average molecular weight is 223 g/mol. The SMILES string of the molecule is CNC1CCN(Cc2c(C)noc2C)C1=O. The smallest absolute Gasteiger partial charge is 0.240 e. The van der Waals surface area contributed by atoms with Crippen LogP contribution >= 0.6 is 0 Å². The normalized spacial score (nSPS) is 20.8. The van der Waals surface area contributed by atoms with Crippen molar-refractivity contribution in [3.05, 3.63) is 17.0 Å². The van der Waals surface area contributed by atoms with Crippen LogP contribution in [0.2, 0.25) is 0 Å². The molecule has 88 valence electrons. The van der Waals surface area contributed by atoms with E-state index in [0.29, 0.717) is 6.54 Å². The maximum absolute atomic E-state index is 11.9. The Labute approximate surface area is 94.8 Å². The van der Waals surface area contributed by atoms with Crippen molar-refractivity contribution in [3.8, 4) is 0 Å². The Balaban J connectivity index is 2.09. The highest BCUT2D eigenvalue weighted by Crippen LogP contribution is 2.19. The predicted molar refractivity (Wildman–Crippen MR) is 58.9 cm³/mol. The van der Waals surface area contributed by atoms with E-state index < -0.39 is 0 Å². The summed E-state index contributed by atoms with van der Waals surface area (Å²) < 4.78 is 5.09. The zero-order valence-corrected chi connectivity index (χ0v) is 9.91. The molecule has 1 unspecified atom stereocenters. The maximum Gasteiger partial charge on any atom is 0.240 e. The van der Waals surface area contributed by atoms with Gasteiger partial charge in [0.25, 0.3) is 0 Å². The van der Waals surface area contributed by atoms with Crippen LogP contribution in [0.3, 0.4) is 0 Å². The first-order valence-corrected chi connectivity index (χ1v) is 5.51. The summed E-state index contributed by atoms with van der Waals surface area (Å²) in [5.74, 6) is 0.973. The Morgan fingerprint density at radius 2 is 2.31 bits per heavy atom. The van der Waals surface area contributed by atoms with Gasteiger partial charge >= 0.3 is 0 Å². The van der Waals surface area contributed by atoms with Crippen LogP contribution in [0.4, 0.5) is 0 Å². The lowest BCUT2D eigenvalue weighted by molar-refractivity contribution is -0.129. The fourth-order valence-electron chi connectivity index (χ4n) is 2.08. The van der Waals surface area contributed by atoms with Crippen molar-refractivity contribution in [2.45, 2.75) is 32.9 Å². The summed E-state index contributed by atoms with van der Waals surface area (Å²) in [6, 6.07) is -0.0273. The fraction of sp³-hybridized carbons (Fsp3) is 0.636. The van der Waals surface area contributed by atoms with Crippen molar-refractivity contribution >= 4 is 5.91 Å². The minimum Gasteiger partial charge on any atom is -0.361 e. The first-order chi connectivity index (χ1) is 7.63. The van der Waals surface area contributed by atoms with Gasteiger partial charge in [-0.3, -0.25) is 4.79 Å². The van der Waals surface area contributed by atoms with Gasteiger partial charge in [-0.2, -0.15) is 0 Å². The zero-order chi connectivity index (χ0) is 11.7. The number of hydrogen-bond donors (Lipinski definition) is 1. The number of carbonyl (C=O) groups is 1. The number of aryl methyl sites for hydroxylation is 2. The number of nitrogens with one attached hydrogen (secondary N) is 1. The monoisotopic (exact) mass is 223 g/mol. The number of aromatic nitrogens is 1. The van der Waals surface area contributed by atoms with E-state index in [4.69, 9.17) is 4.52 Å². The number of carbonyl (C=O) groups excluding carboxylic acids is 1. The maximum atomic E-state index is 11.9. The number of nitrogens with zero attached hydrogens (tertiary/aromatic N) is 2. The van der Waals surface area contributed by atoms with Crippen molar-refractivity contribution in [2.75, 3.05) is 13.6 Å². The number of amides is 1. The minimum atomic E-state index is -0.0273. The quantitative estimate of drug-likeness (QED) is 0.815. The summed E-state index contributed by atoms with van der Waals surface area (Å²) in [6.45, 7) is 5.19.